The van der Waals surface area contributed by atoms with E-state index in [1.165, 1.54) is 6.92 Å². The summed E-state index contributed by atoms with van der Waals surface area (Å²) in [4.78, 5) is 46.8. The van der Waals surface area contributed by atoms with Crippen LogP contribution in [0.5, 0.6) is 0 Å². The molecular weight excluding hydrogens is 248 g/mol. The zero-order valence-corrected chi connectivity index (χ0v) is 9.85. The second kappa shape index (κ2) is 3.84. The van der Waals surface area contributed by atoms with Gasteiger partial charge >= 0.3 is 5.69 Å². The van der Waals surface area contributed by atoms with Crippen LogP contribution in [-0.2, 0) is 0 Å². The lowest BCUT2D eigenvalue weighted by Crippen LogP contribution is -2.23. The molecule has 0 aliphatic carbocycles. The first kappa shape index (κ1) is 11.3. The van der Waals surface area contributed by atoms with Crippen LogP contribution < -0.4 is 11.2 Å². The summed E-state index contributed by atoms with van der Waals surface area (Å²) in [5.41, 5.74) is 0.340. The van der Waals surface area contributed by atoms with Gasteiger partial charge in [-0.3, -0.25) is 19.6 Å². The van der Waals surface area contributed by atoms with Crippen LogP contribution in [0.3, 0.4) is 0 Å². The van der Waals surface area contributed by atoms with Crippen LogP contribution in [-0.4, -0.2) is 25.7 Å². The van der Waals surface area contributed by atoms with Crippen molar-refractivity contribution in [1.29, 1.82) is 0 Å². The van der Waals surface area contributed by atoms with E-state index in [1.807, 2.05) is 0 Å². The number of Topliss-reactive ketones (excluding diaryl/α,β-unsaturated/α-hetero) is 1. The van der Waals surface area contributed by atoms with E-state index in [0.29, 0.717) is 16.6 Å². The Balaban J connectivity index is 2.45. The molecule has 0 saturated carbocycles. The van der Waals surface area contributed by atoms with E-state index in [4.69, 9.17) is 0 Å². The highest BCUT2D eigenvalue weighted by molar-refractivity contribution is 5.97. The Morgan fingerprint density at radius 3 is 2.63 bits per heavy atom. The van der Waals surface area contributed by atoms with E-state index in [-0.39, 0.29) is 16.9 Å². The Hall–Kier alpha value is -2.83. The molecule has 7 nitrogen and oxygen atoms in total. The zero-order valence-electron chi connectivity index (χ0n) is 9.85. The number of benzene rings is 1. The highest BCUT2D eigenvalue weighted by atomic mass is 16.2. The lowest BCUT2D eigenvalue weighted by molar-refractivity contribution is 0.101. The second-order valence-electron chi connectivity index (χ2n) is 4.09. The van der Waals surface area contributed by atoms with Crippen molar-refractivity contribution in [2.24, 2.45) is 0 Å². The number of rotatable bonds is 1. The number of hydrogen-bond donors (Lipinski definition) is 2. The molecule has 19 heavy (non-hydrogen) atoms. The summed E-state index contributed by atoms with van der Waals surface area (Å²) < 4.78 is 0. The number of carbonyl (C=O) groups is 1. The average molecular weight is 256 g/mol. The third-order valence-electron chi connectivity index (χ3n) is 2.74. The Bertz CT molecular complexity index is 939. The van der Waals surface area contributed by atoms with Crippen LogP contribution in [0, 0.1) is 0 Å². The van der Waals surface area contributed by atoms with Gasteiger partial charge in [0.1, 0.15) is 0 Å². The van der Waals surface area contributed by atoms with Crippen LogP contribution in [0.15, 0.2) is 27.8 Å². The molecule has 0 bridgehead atoms. The van der Waals surface area contributed by atoms with Gasteiger partial charge in [-0.15, -0.1) is 0 Å². The number of carbonyl (C=O) groups excluding carboxylic acids is 1. The van der Waals surface area contributed by atoms with Crippen molar-refractivity contribution in [3.63, 3.8) is 0 Å². The van der Waals surface area contributed by atoms with Gasteiger partial charge in [0.25, 0.3) is 5.56 Å². The van der Waals surface area contributed by atoms with Crippen LogP contribution in [0.4, 0.5) is 0 Å². The average Bonchev–Trinajstić information content (AvgIpc) is 2.35. The molecule has 0 aliphatic heterocycles. The highest BCUT2D eigenvalue weighted by Gasteiger charge is 2.08. The number of nitrogens with zero attached hydrogens (tertiary/aromatic N) is 2. The maximum atomic E-state index is 11.6. The molecular formula is C12H8N4O3. The standard InChI is InChI=1S/C12H8N4O3/c1-5(17)6-2-3-7-8(4-6)14-10-9(13-7)11(18)16-12(19)15-10/h2-4H,1H3,(H2,14,15,16,18,19). The van der Waals surface area contributed by atoms with Gasteiger partial charge in [-0.2, -0.15) is 0 Å². The number of ketones is 1. The minimum Gasteiger partial charge on any atom is -0.295 e. The van der Waals surface area contributed by atoms with Crippen LogP contribution in [0.1, 0.15) is 17.3 Å². The van der Waals surface area contributed by atoms with Crippen molar-refractivity contribution >= 4 is 28.0 Å². The molecule has 7 heteroatoms. The van der Waals surface area contributed by atoms with Gasteiger partial charge in [0, 0.05) is 5.56 Å². The molecule has 2 heterocycles. The Morgan fingerprint density at radius 1 is 1.11 bits per heavy atom. The third kappa shape index (κ3) is 1.81. The summed E-state index contributed by atoms with van der Waals surface area (Å²) in [6.07, 6.45) is 0. The largest absolute Gasteiger partial charge is 0.327 e. The van der Waals surface area contributed by atoms with Gasteiger partial charge in [-0.1, -0.05) is 0 Å². The summed E-state index contributed by atoms with van der Waals surface area (Å²) in [6.45, 7) is 1.45. The van der Waals surface area contributed by atoms with Gasteiger partial charge in [0.15, 0.2) is 16.9 Å². The van der Waals surface area contributed by atoms with Crippen molar-refractivity contribution in [3.05, 3.63) is 44.6 Å². The van der Waals surface area contributed by atoms with Crippen LogP contribution in [0.2, 0.25) is 0 Å². The maximum absolute atomic E-state index is 11.6. The predicted octanol–water partition coefficient (Wildman–Crippen LogP) is 0.362. The maximum Gasteiger partial charge on any atom is 0.327 e. The summed E-state index contributed by atoms with van der Waals surface area (Å²) in [5.74, 6) is -0.0943. The van der Waals surface area contributed by atoms with E-state index in [9.17, 15) is 14.4 Å². The van der Waals surface area contributed by atoms with Crippen molar-refractivity contribution < 1.29 is 4.79 Å². The first-order valence-corrected chi connectivity index (χ1v) is 5.49. The number of aromatic amines is 2. The van der Waals surface area contributed by atoms with E-state index < -0.39 is 11.2 Å². The van der Waals surface area contributed by atoms with Gasteiger partial charge in [-0.25, -0.2) is 14.8 Å². The molecule has 0 fully saturated rings. The fourth-order valence-corrected chi connectivity index (χ4v) is 1.82. The first-order valence-electron chi connectivity index (χ1n) is 5.49. The predicted molar refractivity (Wildman–Crippen MR) is 68.3 cm³/mol. The van der Waals surface area contributed by atoms with Crippen LogP contribution in [0.25, 0.3) is 22.2 Å². The van der Waals surface area contributed by atoms with E-state index in [2.05, 4.69) is 19.9 Å². The third-order valence-corrected chi connectivity index (χ3v) is 2.74. The molecule has 3 aromatic rings. The number of fused-ring (bicyclic) bond motifs is 2. The van der Waals surface area contributed by atoms with Crippen molar-refractivity contribution in [2.45, 2.75) is 6.92 Å². The monoisotopic (exact) mass is 256 g/mol. The Kier molecular flexibility index (Phi) is 2.28. The summed E-state index contributed by atoms with van der Waals surface area (Å²) in [6, 6.07) is 4.80. The molecule has 3 rings (SSSR count). The number of H-pyrrole nitrogens is 2. The molecule has 2 N–H and O–H groups in total. The molecule has 1 aromatic carbocycles. The fraction of sp³-hybridized carbons (Fsp3) is 0.0833. The summed E-state index contributed by atoms with van der Waals surface area (Å²) in [7, 11) is 0. The molecule has 94 valence electrons. The highest BCUT2D eigenvalue weighted by Crippen LogP contribution is 2.14. The summed E-state index contributed by atoms with van der Waals surface area (Å²) >= 11 is 0. The van der Waals surface area contributed by atoms with Gasteiger partial charge < -0.3 is 0 Å². The smallest absolute Gasteiger partial charge is 0.295 e. The number of hydrogen-bond acceptors (Lipinski definition) is 5. The Morgan fingerprint density at radius 2 is 1.89 bits per heavy atom. The number of nitrogens with one attached hydrogen (secondary N) is 2. The molecule has 0 spiro atoms. The molecule has 0 aliphatic rings. The van der Waals surface area contributed by atoms with Crippen LogP contribution >= 0.6 is 0 Å². The minimum atomic E-state index is -0.645. The number of aromatic nitrogens is 4. The van der Waals surface area contributed by atoms with E-state index >= 15 is 0 Å². The van der Waals surface area contributed by atoms with Gasteiger partial charge in [0.2, 0.25) is 0 Å². The van der Waals surface area contributed by atoms with E-state index in [0.717, 1.165) is 0 Å². The van der Waals surface area contributed by atoms with Crippen molar-refractivity contribution in [3.8, 4) is 0 Å². The first-order chi connectivity index (χ1) is 9.04. The molecule has 0 unspecified atom stereocenters. The normalized spacial score (nSPS) is 11.0. The topological polar surface area (TPSA) is 109 Å². The Labute approximate surface area is 105 Å². The van der Waals surface area contributed by atoms with Crippen molar-refractivity contribution in [1.82, 2.24) is 19.9 Å². The second-order valence-corrected chi connectivity index (χ2v) is 4.09. The van der Waals surface area contributed by atoms with Gasteiger partial charge in [-0.05, 0) is 25.1 Å². The molecule has 0 saturated heterocycles. The molecule has 0 radical (unpaired) electrons. The lowest BCUT2D eigenvalue weighted by Gasteiger charge is -2.01. The van der Waals surface area contributed by atoms with E-state index in [1.54, 1.807) is 18.2 Å². The quantitative estimate of drug-likeness (QED) is 0.482. The molecule has 0 amide bonds. The van der Waals surface area contributed by atoms with Gasteiger partial charge in [0.05, 0.1) is 11.0 Å². The van der Waals surface area contributed by atoms with Crippen molar-refractivity contribution in [2.75, 3.05) is 0 Å². The fourth-order valence-electron chi connectivity index (χ4n) is 1.82. The molecule has 2 aromatic heterocycles. The summed E-state index contributed by atoms with van der Waals surface area (Å²) in [5, 5.41) is 0. The SMILES string of the molecule is CC(=O)c1ccc2nc3c(=O)[nH]c(=O)[nH]c3nc2c1. The minimum absolute atomic E-state index is 0.0580. The zero-order chi connectivity index (χ0) is 13.6. The lowest BCUT2D eigenvalue weighted by atomic mass is 10.1. The molecule has 0 atom stereocenters.